The van der Waals surface area contributed by atoms with Gasteiger partial charge in [0.05, 0.1) is 6.42 Å². The highest BCUT2D eigenvalue weighted by atomic mass is 35.5. The first-order valence-corrected chi connectivity index (χ1v) is 8.92. The molecule has 0 bridgehead atoms. The van der Waals surface area contributed by atoms with Crippen LogP contribution in [0.25, 0.3) is 0 Å². The minimum absolute atomic E-state index is 0.167. The van der Waals surface area contributed by atoms with E-state index < -0.39 is 0 Å². The van der Waals surface area contributed by atoms with Crippen LogP contribution in [-0.2, 0) is 11.2 Å². The fourth-order valence-corrected chi connectivity index (χ4v) is 3.30. The van der Waals surface area contributed by atoms with E-state index in [0.29, 0.717) is 17.4 Å². The summed E-state index contributed by atoms with van der Waals surface area (Å²) in [5, 5.41) is 9.07. The van der Waals surface area contributed by atoms with E-state index in [4.69, 9.17) is 16.0 Å². The summed E-state index contributed by atoms with van der Waals surface area (Å²) < 4.78 is 5.81. The number of likely N-dealkylation sites (tertiary alicyclic amines) is 1. The summed E-state index contributed by atoms with van der Waals surface area (Å²) in [6.45, 7) is 1.50. The number of nitrogens with zero attached hydrogens (tertiary/aromatic N) is 3. The van der Waals surface area contributed by atoms with E-state index in [1.165, 1.54) is 12.8 Å². The molecule has 0 N–H and O–H groups in total. The molecule has 1 aliphatic heterocycles. The number of aromatic nitrogens is 2. The number of carbonyl (C=O) groups is 1. The van der Waals surface area contributed by atoms with Crippen LogP contribution in [-0.4, -0.2) is 34.1 Å². The van der Waals surface area contributed by atoms with Crippen molar-refractivity contribution >= 4 is 17.5 Å². The molecule has 1 amide bonds. The van der Waals surface area contributed by atoms with Gasteiger partial charge < -0.3 is 9.32 Å². The maximum Gasteiger partial charge on any atom is 0.226 e. The number of hydrogen-bond donors (Lipinski definition) is 0. The SMILES string of the molecule is O=C(Cc1ccc(Cl)cc1)N1CCC(c2nnc(C3CC3)o2)CC1. The van der Waals surface area contributed by atoms with Crippen molar-refractivity contribution < 1.29 is 9.21 Å². The molecule has 2 fully saturated rings. The second-order valence-electron chi connectivity index (χ2n) is 6.71. The number of benzene rings is 1. The predicted octanol–water partition coefficient (Wildman–Crippen LogP) is 3.55. The quantitative estimate of drug-likeness (QED) is 0.850. The molecule has 1 aliphatic carbocycles. The molecule has 24 heavy (non-hydrogen) atoms. The lowest BCUT2D eigenvalue weighted by atomic mass is 9.96. The Bertz CT molecular complexity index is 716. The van der Waals surface area contributed by atoms with Gasteiger partial charge in [-0.3, -0.25) is 4.79 Å². The van der Waals surface area contributed by atoms with Crippen LogP contribution in [0.1, 0.15) is 54.9 Å². The maximum atomic E-state index is 12.4. The Hall–Kier alpha value is -1.88. The third-order valence-electron chi connectivity index (χ3n) is 4.85. The molecule has 2 aromatic rings. The third kappa shape index (κ3) is 3.46. The lowest BCUT2D eigenvalue weighted by Gasteiger charge is -2.30. The van der Waals surface area contributed by atoms with E-state index in [0.717, 1.165) is 43.3 Å². The van der Waals surface area contributed by atoms with Gasteiger partial charge in [-0.2, -0.15) is 0 Å². The van der Waals surface area contributed by atoms with Gasteiger partial charge in [-0.1, -0.05) is 23.7 Å². The van der Waals surface area contributed by atoms with Gasteiger partial charge in [0.2, 0.25) is 17.7 Å². The van der Waals surface area contributed by atoms with Crippen LogP contribution in [0.15, 0.2) is 28.7 Å². The molecule has 0 spiro atoms. The Morgan fingerprint density at radius 1 is 1.04 bits per heavy atom. The molecule has 1 saturated carbocycles. The first kappa shape index (κ1) is 15.6. The number of hydrogen-bond acceptors (Lipinski definition) is 4. The molecule has 1 aromatic heterocycles. The molecular weight excluding hydrogens is 326 g/mol. The van der Waals surface area contributed by atoms with Gasteiger partial charge >= 0.3 is 0 Å². The Kier molecular flexibility index (Phi) is 4.27. The number of rotatable bonds is 4. The fourth-order valence-electron chi connectivity index (χ4n) is 3.17. The van der Waals surface area contributed by atoms with Gasteiger partial charge in [-0.15, -0.1) is 10.2 Å². The normalized spacial score (nSPS) is 18.8. The Balaban J connectivity index is 1.31. The largest absolute Gasteiger partial charge is 0.425 e. The van der Waals surface area contributed by atoms with Crippen LogP contribution in [0, 0.1) is 0 Å². The number of halogens is 1. The van der Waals surface area contributed by atoms with Gasteiger partial charge in [-0.05, 0) is 43.4 Å². The van der Waals surface area contributed by atoms with Gasteiger partial charge in [0.25, 0.3) is 0 Å². The molecule has 6 heteroatoms. The molecule has 5 nitrogen and oxygen atoms in total. The van der Waals surface area contributed by atoms with Crippen molar-refractivity contribution in [2.45, 2.75) is 43.9 Å². The molecule has 2 aliphatic rings. The average Bonchev–Trinajstić information content (AvgIpc) is 3.34. The second kappa shape index (κ2) is 6.55. The summed E-state index contributed by atoms with van der Waals surface area (Å²) in [7, 11) is 0. The Labute approximate surface area is 146 Å². The highest BCUT2D eigenvalue weighted by Crippen LogP contribution is 2.40. The summed E-state index contributed by atoms with van der Waals surface area (Å²) in [6, 6.07) is 7.46. The van der Waals surface area contributed by atoms with E-state index in [1.807, 2.05) is 29.2 Å². The zero-order valence-corrected chi connectivity index (χ0v) is 14.2. The monoisotopic (exact) mass is 345 g/mol. The first-order chi connectivity index (χ1) is 11.7. The van der Waals surface area contributed by atoms with E-state index in [-0.39, 0.29) is 11.8 Å². The molecular formula is C18H20ClN3O2. The van der Waals surface area contributed by atoms with Crippen LogP contribution in [0.5, 0.6) is 0 Å². The molecule has 1 saturated heterocycles. The van der Waals surface area contributed by atoms with Crippen molar-refractivity contribution in [2.24, 2.45) is 0 Å². The molecule has 0 radical (unpaired) electrons. The zero-order valence-electron chi connectivity index (χ0n) is 13.4. The number of carbonyl (C=O) groups excluding carboxylic acids is 1. The molecule has 0 atom stereocenters. The fraction of sp³-hybridized carbons (Fsp3) is 0.500. The second-order valence-corrected chi connectivity index (χ2v) is 7.15. The maximum absolute atomic E-state index is 12.4. The molecule has 4 rings (SSSR count). The van der Waals surface area contributed by atoms with Crippen LogP contribution in [0.2, 0.25) is 5.02 Å². The van der Waals surface area contributed by atoms with Crippen molar-refractivity contribution in [3.63, 3.8) is 0 Å². The van der Waals surface area contributed by atoms with Gasteiger partial charge in [0, 0.05) is 29.9 Å². The summed E-state index contributed by atoms with van der Waals surface area (Å²) in [5.74, 6) is 2.49. The van der Waals surface area contributed by atoms with E-state index in [9.17, 15) is 4.79 Å². The smallest absolute Gasteiger partial charge is 0.226 e. The average molecular weight is 346 g/mol. The van der Waals surface area contributed by atoms with Gasteiger partial charge in [-0.25, -0.2) is 0 Å². The standard InChI is InChI=1S/C18H20ClN3O2/c19-15-5-1-12(2-6-15)11-16(23)22-9-7-14(8-10-22)18-21-20-17(24-18)13-3-4-13/h1-2,5-6,13-14H,3-4,7-11H2. The van der Waals surface area contributed by atoms with Gasteiger partial charge in [0.15, 0.2) is 0 Å². The van der Waals surface area contributed by atoms with Crippen LogP contribution >= 0.6 is 11.6 Å². The van der Waals surface area contributed by atoms with Crippen LogP contribution in [0.3, 0.4) is 0 Å². The summed E-state index contributed by atoms with van der Waals surface area (Å²) in [6.07, 6.45) is 4.53. The van der Waals surface area contributed by atoms with Crippen molar-refractivity contribution in [3.8, 4) is 0 Å². The van der Waals surface area contributed by atoms with Crippen molar-refractivity contribution in [1.82, 2.24) is 15.1 Å². The predicted molar refractivity (Wildman–Crippen MR) is 90.0 cm³/mol. The summed E-state index contributed by atoms with van der Waals surface area (Å²) in [4.78, 5) is 14.4. The Morgan fingerprint density at radius 2 is 1.62 bits per heavy atom. The minimum Gasteiger partial charge on any atom is -0.425 e. The lowest BCUT2D eigenvalue weighted by molar-refractivity contribution is -0.131. The van der Waals surface area contributed by atoms with Gasteiger partial charge in [0.1, 0.15) is 0 Å². The third-order valence-corrected chi connectivity index (χ3v) is 5.10. The van der Waals surface area contributed by atoms with Crippen molar-refractivity contribution in [3.05, 3.63) is 46.6 Å². The Morgan fingerprint density at radius 3 is 2.21 bits per heavy atom. The van der Waals surface area contributed by atoms with E-state index >= 15 is 0 Å². The summed E-state index contributed by atoms with van der Waals surface area (Å²) >= 11 is 5.88. The number of piperidine rings is 1. The topological polar surface area (TPSA) is 59.2 Å². The van der Waals surface area contributed by atoms with Crippen LogP contribution in [0.4, 0.5) is 0 Å². The molecule has 0 unspecified atom stereocenters. The molecule has 126 valence electrons. The highest BCUT2D eigenvalue weighted by molar-refractivity contribution is 6.30. The summed E-state index contributed by atoms with van der Waals surface area (Å²) in [5.41, 5.74) is 0.998. The van der Waals surface area contributed by atoms with E-state index in [1.54, 1.807) is 0 Å². The molecule has 2 heterocycles. The number of amides is 1. The molecule has 1 aromatic carbocycles. The highest BCUT2D eigenvalue weighted by Gasteiger charge is 2.32. The van der Waals surface area contributed by atoms with Crippen molar-refractivity contribution in [2.75, 3.05) is 13.1 Å². The first-order valence-electron chi connectivity index (χ1n) is 8.54. The lowest BCUT2D eigenvalue weighted by Crippen LogP contribution is -2.38. The minimum atomic E-state index is 0.167. The van der Waals surface area contributed by atoms with E-state index in [2.05, 4.69) is 10.2 Å². The van der Waals surface area contributed by atoms with Crippen molar-refractivity contribution in [1.29, 1.82) is 0 Å². The zero-order chi connectivity index (χ0) is 16.5. The van der Waals surface area contributed by atoms with Crippen LogP contribution < -0.4 is 0 Å².